The van der Waals surface area contributed by atoms with E-state index in [1.807, 2.05) is 60.7 Å². The van der Waals surface area contributed by atoms with Crippen molar-refractivity contribution >= 4 is 28.5 Å². The van der Waals surface area contributed by atoms with Crippen molar-refractivity contribution < 1.29 is 14.3 Å². The van der Waals surface area contributed by atoms with E-state index in [1.54, 1.807) is 18.3 Å². The SMILES string of the molecule is CC(C)c1ccc(NC(=O)COC(=O)c2cc(-c3ccccn3)nc3ccccc23)cc1. The number of rotatable bonds is 6. The highest BCUT2D eigenvalue weighted by atomic mass is 16.5. The van der Waals surface area contributed by atoms with Gasteiger partial charge in [0.1, 0.15) is 0 Å². The maximum absolute atomic E-state index is 12.9. The Balaban J connectivity index is 1.50. The summed E-state index contributed by atoms with van der Waals surface area (Å²) >= 11 is 0. The summed E-state index contributed by atoms with van der Waals surface area (Å²) in [6.45, 7) is 3.82. The molecule has 6 nitrogen and oxygen atoms in total. The molecule has 2 aromatic carbocycles. The van der Waals surface area contributed by atoms with Crippen LogP contribution in [0.2, 0.25) is 0 Å². The van der Waals surface area contributed by atoms with Crippen molar-refractivity contribution in [2.75, 3.05) is 11.9 Å². The normalized spacial score (nSPS) is 10.8. The lowest BCUT2D eigenvalue weighted by Crippen LogP contribution is -2.21. The van der Waals surface area contributed by atoms with Crippen LogP contribution in [-0.2, 0) is 9.53 Å². The van der Waals surface area contributed by atoms with Gasteiger partial charge in [-0.2, -0.15) is 0 Å². The van der Waals surface area contributed by atoms with Crippen LogP contribution in [0.1, 0.15) is 35.7 Å². The predicted octanol–water partition coefficient (Wildman–Crippen LogP) is 5.22. The van der Waals surface area contributed by atoms with Gasteiger partial charge in [0.05, 0.1) is 22.5 Å². The van der Waals surface area contributed by atoms with E-state index in [9.17, 15) is 9.59 Å². The third-order valence-electron chi connectivity index (χ3n) is 5.06. The zero-order chi connectivity index (χ0) is 22.5. The predicted molar refractivity (Wildman–Crippen MR) is 124 cm³/mol. The molecular weight excluding hydrogens is 402 g/mol. The second-order valence-electron chi connectivity index (χ2n) is 7.69. The first-order chi connectivity index (χ1) is 15.5. The number of aromatic nitrogens is 2. The molecule has 4 aromatic rings. The minimum Gasteiger partial charge on any atom is -0.452 e. The summed E-state index contributed by atoms with van der Waals surface area (Å²) < 4.78 is 5.32. The van der Waals surface area contributed by atoms with Crippen LogP contribution >= 0.6 is 0 Å². The maximum Gasteiger partial charge on any atom is 0.339 e. The average molecular weight is 425 g/mol. The van der Waals surface area contributed by atoms with E-state index in [4.69, 9.17) is 4.74 Å². The second kappa shape index (κ2) is 9.39. The van der Waals surface area contributed by atoms with Crippen molar-refractivity contribution in [3.8, 4) is 11.4 Å². The molecule has 6 heteroatoms. The number of carbonyl (C=O) groups is 2. The zero-order valence-electron chi connectivity index (χ0n) is 17.9. The van der Waals surface area contributed by atoms with E-state index in [1.165, 1.54) is 5.56 Å². The van der Waals surface area contributed by atoms with Gasteiger partial charge in [0.25, 0.3) is 5.91 Å². The number of fused-ring (bicyclic) bond motifs is 1. The maximum atomic E-state index is 12.9. The Kier molecular flexibility index (Phi) is 6.22. The van der Waals surface area contributed by atoms with Crippen molar-refractivity contribution in [3.05, 3.63) is 90.1 Å². The fourth-order valence-electron chi connectivity index (χ4n) is 3.35. The van der Waals surface area contributed by atoms with Crippen molar-refractivity contribution in [3.63, 3.8) is 0 Å². The van der Waals surface area contributed by atoms with E-state index in [0.29, 0.717) is 39.5 Å². The lowest BCUT2D eigenvalue weighted by Gasteiger charge is -2.11. The number of amides is 1. The number of benzene rings is 2. The Morgan fingerprint density at radius 2 is 1.69 bits per heavy atom. The van der Waals surface area contributed by atoms with Crippen LogP contribution in [-0.4, -0.2) is 28.5 Å². The van der Waals surface area contributed by atoms with Gasteiger partial charge in [0.2, 0.25) is 0 Å². The number of nitrogens with one attached hydrogen (secondary N) is 1. The molecule has 0 spiro atoms. The highest BCUT2D eigenvalue weighted by molar-refractivity contribution is 6.05. The molecule has 0 saturated carbocycles. The quantitative estimate of drug-likeness (QED) is 0.429. The molecule has 0 saturated heterocycles. The van der Waals surface area contributed by atoms with E-state index < -0.39 is 11.9 Å². The zero-order valence-corrected chi connectivity index (χ0v) is 17.9. The monoisotopic (exact) mass is 425 g/mol. The van der Waals surface area contributed by atoms with Gasteiger partial charge in [-0.1, -0.05) is 50.2 Å². The van der Waals surface area contributed by atoms with Gasteiger partial charge in [-0.15, -0.1) is 0 Å². The molecule has 0 bridgehead atoms. The van der Waals surface area contributed by atoms with E-state index >= 15 is 0 Å². The first-order valence-electron chi connectivity index (χ1n) is 10.4. The number of carbonyl (C=O) groups excluding carboxylic acids is 2. The average Bonchev–Trinajstić information content (AvgIpc) is 2.82. The smallest absolute Gasteiger partial charge is 0.339 e. The Morgan fingerprint density at radius 3 is 2.41 bits per heavy atom. The number of esters is 1. The van der Waals surface area contributed by atoms with Crippen molar-refractivity contribution in [1.82, 2.24) is 9.97 Å². The highest BCUT2D eigenvalue weighted by Crippen LogP contribution is 2.24. The summed E-state index contributed by atoms with van der Waals surface area (Å²) in [5.74, 6) is -0.586. The molecule has 32 heavy (non-hydrogen) atoms. The second-order valence-corrected chi connectivity index (χ2v) is 7.69. The van der Waals surface area contributed by atoms with Gasteiger partial charge in [0.15, 0.2) is 6.61 Å². The van der Waals surface area contributed by atoms with Crippen LogP contribution in [0, 0.1) is 0 Å². The summed E-state index contributed by atoms with van der Waals surface area (Å²) in [6, 6.07) is 22.1. The van der Waals surface area contributed by atoms with E-state index in [-0.39, 0.29) is 6.61 Å². The molecule has 2 heterocycles. The topological polar surface area (TPSA) is 81.2 Å². The van der Waals surface area contributed by atoms with Crippen molar-refractivity contribution in [1.29, 1.82) is 0 Å². The third kappa shape index (κ3) is 4.81. The highest BCUT2D eigenvalue weighted by Gasteiger charge is 2.17. The fourth-order valence-corrected chi connectivity index (χ4v) is 3.35. The van der Waals surface area contributed by atoms with E-state index in [0.717, 1.165) is 0 Å². The van der Waals surface area contributed by atoms with Crippen LogP contribution in [0.3, 0.4) is 0 Å². The Labute approximate surface area is 186 Å². The van der Waals surface area contributed by atoms with Gasteiger partial charge in [-0.25, -0.2) is 9.78 Å². The summed E-state index contributed by atoms with van der Waals surface area (Å²) in [4.78, 5) is 34.1. The van der Waals surface area contributed by atoms with Gasteiger partial charge >= 0.3 is 5.97 Å². The molecule has 1 N–H and O–H groups in total. The third-order valence-corrected chi connectivity index (χ3v) is 5.06. The largest absolute Gasteiger partial charge is 0.452 e. The molecule has 0 aliphatic carbocycles. The Bertz CT molecular complexity index is 1250. The number of anilines is 1. The number of ether oxygens (including phenoxy) is 1. The molecule has 4 rings (SSSR count). The Hall–Kier alpha value is -4.06. The standard InChI is InChI=1S/C26H23N3O3/c1-17(2)18-10-12-19(13-11-18)28-25(30)16-32-26(31)21-15-24(23-9-5-6-14-27-23)29-22-8-4-3-7-20(21)22/h3-15,17H,16H2,1-2H3,(H,28,30). The lowest BCUT2D eigenvalue weighted by atomic mass is 10.0. The molecule has 0 aliphatic rings. The minimum atomic E-state index is -0.592. The van der Waals surface area contributed by atoms with E-state index in [2.05, 4.69) is 29.1 Å². The number of pyridine rings is 2. The first kappa shape index (κ1) is 21.2. The van der Waals surface area contributed by atoms with Crippen LogP contribution in [0.5, 0.6) is 0 Å². The first-order valence-corrected chi connectivity index (χ1v) is 10.4. The molecule has 0 aliphatic heterocycles. The van der Waals surface area contributed by atoms with Crippen LogP contribution in [0.25, 0.3) is 22.3 Å². The summed E-state index contributed by atoms with van der Waals surface area (Å²) in [5.41, 5.74) is 4.04. The summed E-state index contributed by atoms with van der Waals surface area (Å²) in [7, 11) is 0. The number of nitrogens with zero attached hydrogens (tertiary/aromatic N) is 2. The molecular formula is C26H23N3O3. The lowest BCUT2D eigenvalue weighted by molar-refractivity contribution is -0.119. The number of para-hydroxylation sites is 1. The number of hydrogen-bond donors (Lipinski definition) is 1. The fraction of sp³-hybridized carbons (Fsp3) is 0.154. The van der Waals surface area contributed by atoms with Crippen LogP contribution in [0.15, 0.2) is 79.0 Å². The molecule has 1 amide bonds. The van der Waals surface area contributed by atoms with Gasteiger partial charge in [-0.05, 0) is 47.9 Å². The van der Waals surface area contributed by atoms with Crippen molar-refractivity contribution in [2.24, 2.45) is 0 Å². The van der Waals surface area contributed by atoms with Gasteiger partial charge in [0, 0.05) is 17.3 Å². The molecule has 0 radical (unpaired) electrons. The minimum absolute atomic E-state index is 0.338. The number of hydrogen-bond acceptors (Lipinski definition) is 5. The van der Waals surface area contributed by atoms with Gasteiger partial charge < -0.3 is 10.1 Å². The van der Waals surface area contributed by atoms with Crippen LogP contribution < -0.4 is 5.32 Å². The summed E-state index contributed by atoms with van der Waals surface area (Å²) in [5, 5.41) is 3.41. The molecule has 0 atom stereocenters. The van der Waals surface area contributed by atoms with Crippen LogP contribution in [0.4, 0.5) is 5.69 Å². The summed E-state index contributed by atoms with van der Waals surface area (Å²) in [6.07, 6.45) is 1.67. The molecule has 160 valence electrons. The van der Waals surface area contributed by atoms with Gasteiger partial charge in [-0.3, -0.25) is 9.78 Å². The van der Waals surface area contributed by atoms with Crippen molar-refractivity contribution in [2.45, 2.75) is 19.8 Å². The molecule has 0 fully saturated rings. The molecule has 2 aromatic heterocycles. The molecule has 0 unspecified atom stereocenters. The Morgan fingerprint density at radius 1 is 0.938 bits per heavy atom.